The Balaban J connectivity index is 1.67. The first-order chi connectivity index (χ1) is 12.5. The van der Waals surface area contributed by atoms with E-state index in [2.05, 4.69) is 22.0 Å². The molecule has 0 unspecified atom stereocenters. The van der Waals surface area contributed by atoms with Gasteiger partial charge in [-0.3, -0.25) is 9.69 Å². The number of carbonyl (C=O) groups is 1. The van der Waals surface area contributed by atoms with Crippen LogP contribution in [0.3, 0.4) is 0 Å². The second kappa shape index (κ2) is 8.29. The molecule has 1 aromatic heterocycles. The third-order valence-corrected chi connectivity index (χ3v) is 6.09. The van der Waals surface area contributed by atoms with Crippen molar-refractivity contribution in [2.24, 2.45) is 5.41 Å². The molecule has 2 aromatic rings. The van der Waals surface area contributed by atoms with Crippen molar-refractivity contribution < 1.29 is 15.0 Å². The average Bonchev–Trinajstić information content (AvgIpc) is 3.03. The van der Waals surface area contributed by atoms with E-state index in [-0.39, 0.29) is 0 Å². The minimum Gasteiger partial charge on any atom is -0.481 e. The highest BCUT2D eigenvalue weighted by molar-refractivity contribution is 7.09. The van der Waals surface area contributed by atoms with E-state index in [1.165, 1.54) is 5.56 Å². The molecule has 5 nitrogen and oxygen atoms in total. The van der Waals surface area contributed by atoms with Crippen LogP contribution in [0.4, 0.5) is 0 Å². The molecule has 1 aliphatic rings. The Labute approximate surface area is 158 Å². The number of nitrogens with zero attached hydrogens (tertiary/aromatic N) is 2. The summed E-state index contributed by atoms with van der Waals surface area (Å²) in [5.74, 6) is -0.891. The molecule has 26 heavy (non-hydrogen) atoms. The summed E-state index contributed by atoms with van der Waals surface area (Å²) in [4.78, 5) is 18.7. The number of hydrogen-bond acceptors (Lipinski definition) is 5. The summed E-state index contributed by atoms with van der Waals surface area (Å²) < 4.78 is 0. The smallest absolute Gasteiger partial charge is 0.313 e. The summed E-state index contributed by atoms with van der Waals surface area (Å²) in [6, 6.07) is 10.1. The van der Waals surface area contributed by atoms with E-state index in [1.807, 2.05) is 30.5 Å². The maximum atomic E-state index is 12.1. The van der Waals surface area contributed by atoms with Crippen LogP contribution in [0.2, 0.25) is 0 Å². The number of benzene rings is 1. The zero-order chi connectivity index (χ0) is 18.6. The first-order valence-corrected chi connectivity index (χ1v) is 9.96. The second-order valence-electron chi connectivity index (χ2n) is 7.17. The van der Waals surface area contributed by atoms with Gasteiger partial charge >= 0.3 is 5.97 Å². The minimum absolute atomic E-state index is 0.370. The second-order valence-corrected chi connectivity index (χ2v) is 8.24. The summed E-state index contributed by atoms with van der Waals surface area (Å²) in [5.41, 5.74) is 1.08. The fourth-order valence-electron chi connectivity index (χ4n) is 3.82. The molecule has 6 heteroatoms. The zero-order valence-corrected chi connectivity index (χ0v) is 15.9. The SMILES string of the molecule is Cc1nc(CN2CC[C@@H](O)[C@](CCCc3ccccc3)(C(=O)O)C2)cs1. The van der Waals surface area contributed by atoms with Crippen LogP contribution >= 0.6 is 11.3 Å². The van der Waals surface area contributed by atoms with Crippen LogP contribution in [-0.4, -0.2) is 45.3 Å². The van der Waals surface area contributed by atoms with Gasteiger partial charge in [0.15, 0.2) is 0 Å². The first kappa shape index (κ1) is 19.0. The molecule has 0 bridgehead atoms. The number of likely N-dealkylation sites (tertiary alicyclic amines) is 1. The third kappa shape index (κ3) is 4.31. The summed E-state index contributed by atoms with van der Waals surface area (Å²) in [6.45, 7) is 3.68. The quantitative estimate of drug-likeness (QED) is 0.779. The van der Waals surface area contributed by atoms with Crippen LogP contribution in [-0.2, 0) is 17.8 Å². The normalized spacial score (nSPS) is 23.8. The number of aliphatic hydroxyl groups excluding tert-OH is 1. The number of aromatic nitrogens is 1. The van der Waals surface area contributed by atoms with E-state index in [9.17, 15) is 15.0 Å². The molecule has 2 heterocycles. The van der Waals surface area contributed by atoms with Gasteiger partial charge in [-0.25, -0.2) is 4.98 Å². The van der Waals surface area contributed by atoms with Crippen molar-refractivity contribution in [3.05, 3.63) is 52.0 Å². The number of piperidine rings is 1. The fourth-order valence-corrected chi connectivity index (χ4v) is 4.43. The molecule has 1 saturated heterocycles. The van der Waals surface area contributed by atoms with E-state index in [1.54, 1.807) is 11.3 Å². The molecule has 140 valence electrons. The fraction of sp³-hybridized carbons (Fsp3) is 0.500. The van der Waals surface area contributed by atoms with E-state index in [4.69, 9.17) is 0 Å². The van der Waals surface area contributed by atoms with Crippen molar-refractivity contribution in [3.8, 4) is 0 Å². The Kier molecular flexibility index (Phi) is 6.06. The molecule has 0 aliphatic carbocycles. The van der Waals surface area contributed by atoms with Crippen LogP contribution in [0.15, 0.2) is 35.7 Å². The van der Waals surface area contributed by atoms with Crippen LogP contribution in [0.1, 0.15) is 35.5 Å². The number of rotatable bonds is 7. The average molecular weight is 375 g/mol. The van der Waals surface area contributed by atoms with Crippen LogP contribution in [0, 0.1) is 12.3 Å². The van der Waals surface area contributed by atoms with E-state index < -0.39 is 17.5 Å². The molecular formula is C20H26N2O3S. The molecule has 0 radical (unpaired) electrons. The summed E-state index contributed by atoms with van der Waals surface area (Å²) in [5, 5.41) is 23.5. The van der Waals surface area contributed by atoms with Crippen molar-refractivity contribution >= 4 is 17.3 Å². The number of thiazole rings is 1. The van der Waals surface area contributed by atoms with Gasteiger partial charge in [-0.1, -0.05) is 30.3 Å². The third-order valence-electron chi connectivity index (χ3n) is 5.27. The predicted molar refractivity (Wildman–Crippen MR) is 102 cm³/mol. The highest BCUT2D eigenvalue weighted by atomic mass is 32.1. The van der Waals surface area contributed by atoms with Gasteiger partial charge in [0.05, 0.1) is 16.8 Å². The van der Waals surface area contributed by atoms with Crippen molar-refractivity contribution in [3.63, 3.8) is 0 Å². The number of hydrogen-bond donors (Lipinski definition) is 2. The van der Waals surface area contributed by atoms with Gasteiger partial charge in [-0.05, 0) is 38.2 Å². The highest BCUT2D eigenvalue weighted by Crippen LogP contribution is 2.36. The standard InChI is InChI=1S/C20H26N2O3S/c1-15-21-17(13-26-15)12-22-11-9-18(23)20(14-22,19(24)25)10-5-8-16-6-3-2-4-7-16/h2-4,6-7,13,18,23H,5,8-12,14H2,1H3,(H,24,25)/t18-,20-/m1/s1. The number of aryl methyl sites for hydroxylation is 2. The van der Waals surface area contributed by atoms with Crippen LogP contribution in [0.5, 0.6) is 0 Å². The lowest BCUT2D eigenvalue weighted by Crippen LogP contribution is -2.55. The topological polar surface area (TPSA) is 73.7 Å². The number of carboxylic acids is 1. The molecule has 3 rings (SSSR count). The van der Waals surface area contributed by atoms with Crippen molar-refractivity contribution in [2.75, 3.05) is 13.1 Å². The molecule has 2 atom stereocenters. The Bertz CT molecular complexity index is 734. The van der Waals surface area contributed by atoms with Gasteiger partial charge in [0.1, 0.15) is 5.41 Å². The first-order valence-electron chi connectivity index (χ1n) is 9.08. The number of carboxylic acid groups (broad SMARTS) is 1. The summed E-state index contributed by atoms with van der Waals surface area (Å²) in [6.07, 6.45) is 1.74. The van der Waals surface area contributed by atoms with E-state index >= 15 is 0 Å². The minimum atomic E-state index is -1.10. The van der Waals surface area contributed by atoms with Crippen LogP contribution < -0.4 is 0 Å². The van der Waals surface area contributed by atoms with Gasteiger partial charge in [-0.2, -0.15) is 0 Å². The Morgan fingerprint density at radius 3 is 2.81 bits per heavy atom. The van der Waals surface area contributed by atoms with Gasteiger partial charge in [0, 0.05) is 25.0 Å². The monoisotopic (exact) mass is 374 g/mol. The molecule has 2 N–H and O–H groups in total. The number of aliphatic carboxylic acids is 1. The Hall–Kier alpha value is -1.76. The molecule has 1 aromatic carbocycles. The van der Waals surface area contributed by atoms with Gasteiger partial charge < -0.3 is 10.2 Å². The molecule has 1 fully saturated rings. The Morgan fingerprint density at radius 1 is 1.38 bits per heavy atom. The zero-order valence-electron chi connectivity index (χ0n) is 15.1. The van der Waals surface area contributed by atoms with Gasteiger partial charge in [-0.15, -0.1) is 11.3 Å². The summed E-state index contributed by atoms with van der Waals surface area (Å²) >= 11 is 1.61. The predicted octanol–water partition coefficient (Wildman–Crippen LogP) is 3.11. The lowest BCUT2D eigenvalue weighted by Gasteiger charge is -2.43. The maximum Gasteiger partial charge on any atom is 0.313 e. The van der Waals surface area contributed by atoms with E-state index in [0.717, 1.165) is 23.5 Å². The van der Waals surface area contributed by atoms with Crippen molar-refractivity contribution in [1.29, 1.82) is 0 Å². The summed E-state index contributed by atoms with van der Waals surface area (Å²) in [7, 11) is 0. The molecule has 1 aliphatic heterocycles. The largest absolute Gasteiger partial charge is 0.481 e. The lowest BCUT2D eigenvalue weighted by atomic mass is 9.73. The van der Waals surface area contributed by atoms with Crippen molar-refractivity contribution in [1.82, 2.24) is 9.88 Å². The van der Waals surface area contributed by atoms with E-state index in [0.29, 0.717) is 32.5 Å². The molecule has 0 spiro atoms. The lowest BCUT2D eigenvalue weighted by molar-refractivity contribution is -0.164. The van der Waals surface area contributed by atoms with Crippen molar-refractivity contribution in [2.45, 2.75) is 45.3 Å². The van der Waals surface area contributed by atoms with Gasteiger partial charge in [0.2, 0.25) is 0 Å². The number of aliphatic hydroxyl groups is 1. The molecule has 0 saturated carbocycles. The van der Waals surface area contributed by atoms with Crippen LogP contribution in [0.25, 0.3) is 0 Å². The molecular weight excluding hydrogens is 348 g/mol. The molecule has 0 amide bonds. The maximum absolute atomic E-state index is 12.1. The highest BCUT2D eigenvalue weighted by Gasteiger charge is 2.48. The Morgan fingerprint density at radius 2 is 2.15 bits per heavy atom. The van der Waals surface area contributed by atoms with Gasteiger partial charge in [0.25, 0.3) is 0 Å².